The van der Waals surface area contributed by atoms with Crippen molar-refractivity contribution in [1.29, 1.82) is 0 Å². The minimum Gasteiger partial charge on any atom is -0.232 e. The quantitative estimate of drug-likeness (QED) is 0.783. The summed E-state index contributed by atoms with van der Waals surface area (Å²) in [7, 11) is 0. The van der Waals surface area contributed by atoms with Gasteiger partial charge < -0.3 is 0 Å². The average Bonchev–Trinajstić information content (AvgIpc) is 2.63. The Morgan fingerprint density at radius 3 is 2.80 bits per heavy atom. The van der Waals surface area contributed by atoms with Crippen molar-refractivity contribution in [1.82, 2.24) is 9.97 Å². The van der Waals surface area contributed by atoms with Crippen LogP contribution in [0.5, 0.6) is 0 Å². The first kappa shape index (κ1) is 10.8. The fourth-order valence-electron chi connectivity index (χ4n) is 1.37. The van der Waals surface area contributed by atoms with Gasteiger partial charge in [-0.3, -0.25) is 0 Å². The molecular weight excluding hydrogens is 272 g/mol. The lowest BCUT2D eigenvalue weighted by molar-refractivity contribution is 0.932. The minimum atomic E-state index is 0.858. The number of hydrogen-bond acceptors (Lipinski definition) is 3. The van der Waals surface area contributed by atoms with E-state index in [0.29, 0.717) is 0 Å². The van der Waals surface area contributed by atoms with Gasteiger partial charge in [-0.15, -0.1) is 11.3 Å². The summed E-state index contributed by atoms with van der Waals surface area (Å²) in [6.45, 7) is 4.17. The second-order valence-electron chi connectivity index (χ2n) is 3.28. The van der Waals surface area contributed by atoms with E-state index >= 15 is 0 Å². The normalized spacial score (nSPS) is 10.6. The number of halogens is 1. The minimum absolute atomic E-state index is 0.858. The third kappa shape index (κ3) is 2.26. The van der Waals surface area contributed by atoms with E-state index in [1.165, 1.54) is 10.4 Å². The molecule has 0 saturated heterocycles. The summed E-state index contributed by atoms with van der Waals surface area (Å²) < 4.78 is 0.858. The Labute approximate surface area is 102 Å². The molecule has 4 heteroatoms. The SMILES string of the molecule is CCc1nc(Br)cc(-c2sccc2C)n1. The van der Waals surface area contributed by atoms with Gasteiger partial charge in [0.25, 0.3) is 0 Å². The summed E-state index contributed by atoms with van der Waals surface area (Å²) >= 11 is 5.14. The molecule has 0 aliphatic carbocycles. The summed E-state index contributed by atoms with van der Waals surface area (Å²) in [5, 5.41) is 2.09. The molecule has 0 aliphatic rings. The predicted octanol–water partition coefficient (Wildman–Crippen LogP) is 3.84. The van der Waals surface area contributed by atoms with E-state index < -0.39 is 0 Å². The summed E-state index contributed by atoms with van der Waals surface area (Å²) in [5.74, 6) is 0.882. The Morgan fingerprint density at radius 2 is 2.20 bits per heavy atom. The van der Waals surface area contributed by atoms with Crippen molar-refractivity contribution in [3.05, 3.63) is 33.5 Å². The van der Waals surface area contributed by atoms with Gasteiger partial charge in [0.2, 0.25) is 0 Å². The lowest BCUT2D eigenvalue weighted by Crippen LogP contribution is -1.95. The maximum atomic E-state index is 4.52. The Balaban J connectivity index is 2.53. The first-order valence-corrected chi connectivity index (χ1v) is 6.46. The van der Waals surface area contributed by atoms with Crippen LogP contribution in [0.1, 0.15) is 18.3 Å². The number of aromatic nitrogens is 2. The van der Waals surface area contributed by atoms with Gasteiger partial charge in [0, 0.05) is 6.42 Å². The Kier molecular flexibility index (Phi) is 3.17. The first-order valence-electron chi connectivity index (χ1n) is 4.78. The third-order valence-electron chi connectivity index (χ3n) is 2.15. The van der Waals surface area contributed by atoms with E-state index in [0.717, 1.165) is 22.5 Å². The summed E-state index contributed by atoms with van der Waals surface area (Å²) in [5.41, 5.74) is 2.29. The second kappa shape index (κ2) is 4.41. The van der Waals surface area contributed by atoms with Crippen LogP contribution < -0.4 is 0 Å². The predicted molar refractivity (Wildman–Crippen MR) is 67.2 cm³/mol. The molecule has 0 radical (unpaired) electrons. The molecule has 0 aliphatic heterocycles. The maximum absolute atomic E-state index is 4.52. The van der Waals surface area contributed by atoms with Crippen LogP contribution in [-0.4, -0.2) is 9.97 Å². The Hall–Kier alpha value is -0.740. The summed E-state index contributed by atoms with van der Waals surface area (Å²) in [4.78, 5) is 10.1. The number of hydrogen-bond donors (Lipinski definition) is 0. The number of nitrogens with zero attached hydrogens (tertiary/aromatic N) is 2. The van der Waals surface area contributed by atoms with Gasteiger partial charge in [0.1, 0.15) is 10.4 Å². The smallest absolute Gasteiger partial charge is 0.130 e. The van der Waals surface area contributed by atoms with Crippen LogP contribution in [0.3, 0.4) is 0 Å². The fraction of sp³-hybridized carbons (Fsp3) is 0.273. The maximum Gasteiger partial charge on any atom is 0.130 e. The van der Waals surface area contributed by atoms with Crippen molar-refractivity contribution in [3.63, 3.8) is 0 Å². The molecule has 15 heavy (non-hydrogen) atoms. The molecule has 2 rings (SSSR count). The van der Waals surface area contributed by atoms with Crippen LogP contribution in [0.2, 0.25) is 0 Å². The van der Waals surface area contributed by atoms with Gasteiger partial charge in [0.05, 0.1) is 10.6 Å². The Morgan fingerprint density at radius 1 is 1.40 bits per heavy atom. The molecule has 0 amide bonds. The molecular formula is C11H11BrN2S. The van der Waals surface area contributed by atoms with Crippen molar-refractivity contribution >= 4 is 27.3 Å². The van der Waals surface area contributed by atoms with Crippen molar-refractivity contribution in [2.24, 2.45) is 0 Å². The molecule has 0 atom stereocenters. The highest BCUT2D eigenvalue weighted by Crippen LogP contribution is 2.28. The van der Waals surface area contributed by atoms with E-state index in [-0.39, 0.29) is 0 Å². The molecule has 0 fully saturated rings. The monoisotopic (exact) mass is 282 g/mol. The van der Waals surface area contributed by atoms with Crippen molar-refractivity contribution in [2.45, 2.75) is 20.3 Å². The van der Waals surface area contributed by atoms with Crippen LogP contribution in [0.15, 0.2) is 22.1 Å². The van der Waals surface area contributed by atoms with Crippen LogP contribution >= 0.6 is 27.3 Å². The number of rotatable bonds is 2. The molecule has 0 spiro atoms. The van der Waals surface area contributed by atoms with E-state index in [4.69, 9.17) is 0 Å². The third-order valence-corrected chi connectivity index (χ3v) is 3.60. The fourth-order valence-corrected chi connectivity index (χ4v) is 2.68. The largest absolute Gasteiger partial charge is 0.232 e. The number of aryl methyl sites for hydroxylation is 2. The molecule has 0 saturated carbocycles. The lowest BCUT2D eigenvalue weighted by atomic mass is 10.2. The molecule has 78 valence electrons. The molecule has 2 heterocycles. The van der Waals surface area contributed by atoms with Gasteiger partial charge in [-0.25, -0.2) is 9.97 Å². The molecule has 0 aromatic carbocycles. The van der Waals surface area contributed by atoms with Crippen molar-refractivity contribution in [2.75, 3.05) is 0 Å². The molecule has 0 N–H and O–H groups in total. The van der Waals surface area contributed by atoms with E-state index in [1.807, 2.05) is 6.07 Å². The highest BCUT2D eigenvalue weighted by molar-refractivity contribution is 9.10. The molecule has 2 nitrogen and oxygen atoms in total. The second-order valence-corrected chi connectivity index (χ2v) is 5.01. The van der Waals surface area contributed by atoms with Gasteiger partial charge in [-0.1, -0.05) is 6.92 Å². The Bertz CT molecular complexity index is 479. The number of thiophene rings is 1. The van der Waals surface area contributed by atoms with Crippen molar-refractivity contribution in [3.8, 4) is 10.6 Å². The van der Waals surface area contributed by atoms with Gasteiger partial charge in [0.15, 0.2) is 0 Å². The standard InChI is InChI=1S/C11H11BrN2S/c1-3-10-13-8(6-9(12)14-10)11-7(2)4-5-15-11/h4-6H,3H2,1-2H3. The van der Waals surface area contributed by atoms with Crippen LogP contribution in [0.25, 0.3) is 10.6 Å². The first-order chi connectivity index (χ1) is 7.20. The highest BCUT2D eigenvalue weighted by Gasteiger charge is 2.07. The zero-order chi connectivity index (χ0) is 10.8. The summed E-state index contributed by atoms with van der Waals surface area (Å²) in [6.07, 6.45) is 0.858. The van der Waals surface area contributed by atoms with Crippen molar-refractivity contribution < 1.29 is 0 Å². The topological polar surface area (TPSA) is 25.8 Å². The highest BCUT2D eigenvalue weighted by atomic mass is 79.9. The zero-order valence-corrected chi connectivity index (χ0v) is 11.0. The zero-order valence-electron chi connectivity index (χ0n) is 8.62. The van der Waals surface area contributed by atoms with Gasteiger partial charge in [-0.05, 0) is 45.9 Å². The van der Waals surface area contributed by atoms with Crippen LogP contribution in [-0.2, 0) is 6.42 Å². The molecule has 0 bridgehead atoms. The lowest BCUT2D eigenvalue weighted by Gasteiger charge is -2.02. The molecule has 2 aromatic rings. The average molecular weight is 283 g/mol. The van der Waals surface area contributed by atoms with Gasteiger partial charge >= 0.3 is 0 Å². The molecule has 0 unspecified atom stereocenters. The van der Waals surface area contributed by atoms with Crippen LogP contribution in [0, 0.1) is 6.92 Å². The van der Waals surface area contributed by atoms with E-state index in [9.17, 15) is 0 Å². The van der Waals surface area contributed by atoms with E-state index in [1.54, 1.807) is 11.3 Å². The van der Waals surface area contributed by atoms with E-state index in [2.05, 4.69) is 51.2 Å². The summed E-state index contributed by atoms with van der Waals surface area (Å²) in [6, 6.07) is 4.08. The molecule has 2 aromatic heterocycles. The van der Waals surface area contributed by atoms with Crippen LogP contribution in [0.4, 0.5) is 0 Å². The van der Waals surface area contributed by atoms with Gasteiger partial charge in [-0.2, -0.15) is 0 Å².